The summed E-state index contributed by atoms with van der Waals surface area (Å²) < 4.78 is 28.0. The Morgan fingerprint density at radius 3 is 2.58 bits per heavy atom. The molecule has 1 aromatic rings. The summed E-state index contributed by atoms with van der Waals surface area (Å²) in [5.74, 6) is 0.235. The van der Waals surface area contributed by atoms with E-state index < -0.39 is 5.82 Å². The molecular weight excluding hydrogens is 312 g/mol. The molecule has 0 aliphatic heterocycles. The van der Waals surface area contributed by atoms with E-state index in [9.17, 15) is 8.78 Å². The van der Waals surface area contributed by atoms with Crippen LogP contribution in [0.1, 0.15) is 44.7 Å². The van der Waals surface area contributed by atoms with E-state index in [1.807, 2.05) is 0 Å². The van der Waals surface area contributed by atoms with E-state index in [1.54, 1.807) is 0 Å². The van der Waals surface area contributed by atoms with Crippen LogP contribution in [0.5, 0.6) is 0 Å². The summed E-state index contributed by atoms with van der Waals surface area (Å²) in [7, 11) is 0. The largest absolute Gasteiger partial charge is 0.310 e. The van der Waals surface area contributed by atoms with Gasteiger partial charge in [0.1, 0.15) is 11.6 Å². The smallest absolute Gasteiger partial charge is 0.137 e. The summed E-state index contributed by atoms with van der Waals surface area (Å²) in [6.45, 7) is 5.02. The minimum Gasteiger partial charge on any atom is -0.310 e. The SMILES string of the molecule is CCCNC(c1cc(F)c(Br)cc1F)C(C)C1CC1. The number of benzene rings is 1. The van der Waals surface area contributed by atoms with Gasteiger partial charge in [0.05, 0.1) is 4.47 Å². The lowest BCUT2D eigenvalue weighted by molar-refractivity contribution is 0.339. The van der Waals surface area contributed by atoms with Crippen molar-refractivity contribution >= 4 is 15.9 Å². The van der Waals surface area contributed by atoms with Crippen molar-refractivity contribution in [1.29, 1.82) is 0 Å². The Morgan fingerprint density at radius 1 is 1.32 bits per heavy atom. The predicted octanol–water partition coefficient (Wildman–Crippen LogP) is 4.81. The highest BCUT2D eigenvalue weighted by atomic mass is 79.9. The number of halogens is 3. The second-order valence-corrected chi connectivity index (χ2v) is 6.27. The monoisotopic (exact) mass is 331 g/mol. The van der Waals surface area contributed by atoms with Gasteiger partial charge in [-0.2, -0.15) is 0 Å². The molecule has 1 aliphatic carbocycles. The molecule has 1 fully saturated rings. The zero-order valence-electron chi connectivity index (χ0n) is 11.3. The van der Waals surface area contributed by atoms with Crippen LogP contribution in [0.3, 0.4) is 0 Å². The Hall–Kier alpha value is -0.480. The van der Waals surface area contributed by atoms with Crippen LogP contribution in [-0.4, -0.2) is 6.54 Å². The number of nitrogens with one attached hydrogen (secondary N) is 1. The molecule has 0 bridgehead atoms. The van der Waals surface area contributed by atoms with Crippen molar-refractivity contribution in [3.05, 3.63) is 33.8 Å². The Bertz CT molecular complexity index is 446. The molecule has 0 saturated heterocycles. The second kappa shape index (κ2) is 6.31. The third kappa shape index (κ3) is 3.54. The molecule has 0 aromatic heterocycles. The summed E-state index contributed by atoms with van der Waals surface area (Å²) in [6.07, 6.45) is 3.38. The minimum absolute atomic E-state index is 0.102. The average molecular weight is 332 g/mol. The van der Waals surface area contributed by atoms with Crippen LogP contribution < -0.4 is 5.32 Å². The average Bonchev–Trinajstić information content (AvgIpc) is 3.19. The molecule has 0 radical (unpaired) electrons. The molecule has 106 valence electrons. The maximum atomic E-state index is 14.1. The summed E-state index contributed by atoms with van der Waals surface area (Å²) in [4.78, 5) is 0. The van der Waals surface area contributed by atoms with Gasteiger partial charge >= 0.3 is 0 Å². The molecule has 4 heteroatoms. The van der Waals surface area contributed by atoms with E-state index in [2.05, 4.69) is 35.1 Å². The van der Waals surface area contributed by atoms with Crippen molar-refractivity contribution in [3.63, 3.8) is 0 Å². The molecule has 1 saturated carbocycles. The fraction of sp³-hybridized carbons (Fsp3) is 0.600. The van der Waals surface area contributed by atoms with Gasteiger partial charge in [-0.3, -0.25) is 0 Å². The van der Waals surface area contributed by atoms with Crippen molar-refractivity contribution < 1.29 is 8.78 Å². The number of rotatable bonds is 6. The summed E-state index contributed by atoms with van der Waals surface area (Å²) in [6, 6.07) is 2.45. The summed E-state index contributed by atoms with van der Waals surface area (Å²) in [5, 5.41) is 3.37. The molecule has 2 atom stereocenters. The maximum Gasteiger partial charge on any atom is 0.137 e. The predicted molar refractivity (Wildman–Crippen MR) is 77.0 cm³/mol. The van der Waals surface area contributed by atoms with Crippen LogP contribution in [-0.2, 0) is 0 Å². The maximum absolute atomic E-state index is 14.1. The van der Waals surface area contributed by atoms with E-state index in [-0.39, 0.29) is 16.3 Å². The van der Waals surface area contributed by atoms with E-state index in [0.29, 0.717) is 17.4 Å². The summed E-state index contributed by atoms with van der Waals surface area (Å²) >= 11 is 3.02. The Morgan fingerprint density at radius 2 is 2.00 bits per heavy atom. The molecular formula is C15H20BrF2N. The van der Waals surface area contributed by atoms with Crippen LogP contribution in [0, 0.1) is 23.5 Å². The lowest BCUT2D eigenvalue weighted by atomic mass is 9.90. The van der Waals surface area contributed by atoms with Crippen molar-refractivity contribution in [2.24, 2.45) is 11.8 Å². The van der Waals surface area contributed by atoms with Gasteiger partial charge in [-0.1, -0.05) is 13.8 Å². The fourth-order valence-corrected chi connectivity index (χ4v) is 2.86. The van der Waals surface area contributed by atoms with Crippen LogP contribution in [0.15, 0.2) is 16.6 Å². The van der Waals surface area contributed by atoms with E-state index in [0.717, 1.165) is 13.0 Å². The van der Waals surface area contributed by atoms with Gasteiger partial charge in [0.15, 0.2) is 0 Å². The first-order valence-corrected chi connectivity index (χ1v) is 7.71. The topological polar surface area (TPSA) is 12.0 Å². The molecule has 19 heavy (non-hydrogen) atoms. The van der Waals surface area contributed by atoms with E-state index in [1.165, 1.54) is 25.0 Å². The fourth-order valence-electron chi connectivity index (χ4n) is 2.55. The van der Waals surface area contributed by atoms with Gasteiger partial charge in [0.2, 0.25) is 0 Å². The van der Waals surface area contributed by atoms with E-state index >= 15 is 0 Å². The van der Waals surface area contributed by atoms with Gasteiger partial charge in [-0.15, -0.1) is 0 Å². The van der Waals surface area contributed by atoms with Gasteiger partial charge in [0, 0.05) is 11.6 Å². The quantitative estimate of drug-likeness (QED) is 0.737. The first-order chi connectivity index (χ1) is 9.04. The zero-order chi connectivity index (χ0) is 14.0. The molecule has 1 nitrogen and oxygen atoms in total. The lowest BCUT2D eigenvalue weighted by Crippen LogP contribution is -2.29. The van der Waals surface area contributed by atoms with Crippen molar-refractivity contribution in [1.82, 2.24) is 5.32 Å². The highest BCUT2D eigenvalue weighted by molar-refractivity contribution is 9.10. The second-order valence-electron chi connectivity index (χ2n) is 5.42. The molecule has 1 N–H and O–H groups in total. The van der Waals surface area contributed by atoms with Crippen molar-refractivity contribution in [2.75, 3.05) is 6.54 Å². The summed E-state index contributed by atoms with van der Waals surface area (Å²) in [5.41, 5.74) is 0.452. The van der Waals surface area contributed by atoms with E-state index in [4.69, 9.17) is 0 Å². The van der Waals surface area contributed by atoms with Crippen molar-refractivity contribution in [2.45, 2.75) is 39.2 Å². The Kier molecular flexibility index (Phi) is 4.96. The third-order valence-corrected chi connectivity index (χ3v) is 4.49. The first kappa shape index (κ1) is 14.9. The van der Waals surface area contributed by atoms with Crippen LogP contribution in [0.25, 0.3) is 0 Å². The molecule has 1 aromatic carbocycles. The van der Waals surface area contributed by atoms with Crippen LogP contribution >= 0.6 is 15.9 Å². The molecule has 0 spiro atoms. The molecule has 1 aliphatic rings. The zero-order valence-corrected chi connectivity index (χ0v) is 12.9. The lowest BCUT2D eigenvalue weighted by Gasteiger charge is -2.26. The van der Waals surface area contributed by atoms with Crippen molar-refractivity contribution in [3.8, 4) is 0 Å². The molecule has 0 amide bonds. The van der Waals surface area contributed by atoms with Gasteiger partial charge in [-0.25, -0.2) is 8.78 Å². The third-order valence-electron chi connectivity index (χ3n) is 3.88. The Balaban J connectivity index is 2.28. The number of hydrogen-bond acceptors (Lipinski definition) is 1. The van der Waals surface area contributed by atoms with Crippen LogP contribution in [0.4, 0.5) is 8.78 Å². The molecule has 0 heterocycles. The normalized spacial score (nSPS) is 18.4. The standard InChI is InChI=1S/C15H20BrF2N/c1-3-6-19-15(9(2)10-4-5-10)11-7-14(18)12(16)8-13(11)17/h7-10,15,19H,3-6H2,1-2H3. The molecule has 2 unspecified atom stereocenters. The highest BCUT2D eigenvalue weighted by Gasteiger charge is 2.35. The highest BCUT2D eigenvalue weighted by Crippen LogP contribution is 2.43. The van der Waals surface area contributed by atoms with Crippen LogP contribution in [0.2, 0.25) is 0 Å². The first-order valence-electron chi connectivity index (χ1n) is 6.92. The molecule has 2 rings (SSSR count). The number of hydrogen-bond donors (Lipinski definition) is 1. The van der Waals surface area contributed by atoms with Gasteiger partial charge in [0.25, 0.3) is 0 Å². The minimum atomic E-state index is -0.400. The Labute approximate surface area is 121 Å². The van der Waals surface area contributed by atoms with Gasteiger partial charge < -0.3 is 5.32 Å². The van der Waals surface area contributed by atoms with Gasteiger partial charge in [-0.05, 0) is 65.7 Å².